The lowest BCUT2D eigenvalue weighted by molar-refractivity contribution is -0.122. The zero-order chi connectivity index (χ0) is 21.9. The fraction of sp³-hybridized carbons (Fsp3) is 0.385. The number of aromatic nitrogens is 2. The summed E-state index contributed by atoms with van der Waals surface area (Å²) >= 11 is 0. The summed E-state index contributed by atoms with van der Waals surface area (Å²) in [7, 11) is 1.84. The molecule has 2 fully saturated rings. The van der Waals surface area contributed by atoms with Crippen LogP contribution in [0.1, 0.15) is 30.4 Å². The molecule has 1 aliphatic carbocycles. The summed E-state index contributed by atoms with van der Waals surface area (Å²) in [6.07, 6.45) is 7.06. The number of benzene rings is 2. The maximum atomic E-state index is 15.1. The zero-order valence-corrected chi connectivity index (χ0v) is 18.3. The van der Waals surface area contributed by atoms with E-state index in [4.69, 9.17) is 0 Å². The van der Waals surface area contributed by atoms with Crippen LogP contribution >= 0.6 is 0 Å². The number of fused-ring (bicyclic) bond motifs is 2. The van der Waals surface area contributed by atoms with Gasteiger partial charge in [-0.1, -0.05) is 30.3 Å². The fourth-order valence-corrected chi connectivity index (χ4v) is 5.45. The molecule has 3 aromatic rings. The average molecular weight is 431 g/mol. The summed E-state index contributed by atoms with van der Waals surface area (Å²) in [5.41, 5.74) is 3.75. The van der Waals surface area contributed by atoms with E-state index in [0.717, 1.165) is 54.4 Å². The van der Waals surface area contributed by atoms with Crippen molar-refractivity contribution < 1.29 is 9.18 Å². The molecular formula is C26H27FN4O. The largest absolute Gasteiger partial charge is 0.307 e. The molecule has 1 saturated carbocycles. The van der Waals surface area contributed by atoms with E-state index >= 15 is 4.39 Å². The lowest BCUT2D eigenvalue weighted by atomic mass is 9.81. The summed E-state index contributed by atoms with van der Waals surface area (Å²) in [5.74, 6) is 0.632. The van der Waals surface area contributed by atoms with Crippen molar-refractivity contribution in [2.45, 2.75) is 31.2 Å². The Morgan fingerprint density at radius 3 is 2.75 bits per heavy atom. The van der Waals surface area contributed by atoms with Gasteiger partial charge in [-0.3, -0.25) is 9.48 Å². The molecule has 0 radical (unpaired) electrons. The van der Waals surface area contributed by atoms with Crippen molar-refractivity contribution in [3.63, 3.8) is 0 Å². The molecule has 1 amide bonds. The Balaban J connectivity index is 1.29. The van der Waals surface area contributed by atoms with Gasteiger partial charge in [-0.05, 0) is 55.0 Å². The number of para-hydroxylation sites is 1. The maximum Gasteiger partial charge on any atom is 0.239 e. The van der Waals surface area contributed by atoms with Gasteiger partial charge in [0.15, 0.2) is 0 Å². The molecule has 3 aliphatic rings. The lowest BCUT2D eigenvalue weighted by Gasteiger charge is -2.25. The van der Waals surface area contributed by atoms with Crippen LogP contribution in [0, 0.1) is 11.7 Å². The topological polar surface area (TPSA) is 41.4 Å². The van der Waals surface area contributed by atoms with Gasteiger partial charge in [0.05, 0.1) is 18.2 Å². The van der Waals surface area contributed by atoms with Crippen LogP contribution in [-0.4, -0.2) is 40.2 Å². The highest BCUT2D eigenvalue weighted by atomic mass is 19.1. The summed E-state index contributed by atoms with van der Waals surface area (Å²) in [4.78, 5) is 18.1. The van der Waals surface area contributed by atoms with Crippen LogP contribution in [0.15, 0.2) is 54.9 Å². The Hall–Kier alpha value is -2.99. The van der Waals surface area contributed by atoms with Gasteiger partial charge in [0.1, 0.15) is 5.82 Å². The number of carbonyl (C=O) groups excluding carboxylic acids is 1. The van der Waals surface area contributed by atoms with Gasteiger partial charge in [-0.25, -0.2) is 4.39 Å². The highest BCUT2D eigenvalue weighted by molar-refractivity contribution is 6.08. The Labute approximate surface area is 187 Å². The highest BCUT2D eigenvalue weighted by Gasteiger charge is 2.54. The van der Waals surface area contributed by atoms with Crippen molar-refractivity contribution in [1.29, 1.82) is 0 Å². The quantitative estimate of drug-likeness (QED) is 0.611. The van der Waals surface area contributed by atoms with Gasteiger partial charge in [0.2, 0.25) is 5.91 Å². The number of carbonyl (C=O) groups is 1. The molecule has 1 aromatic heterocycles. The van der Waals surface area contributed by atoms with Crippen LogP contribution in [0.4, 0.5) is 10.1 Å². The Morgan fingerprint density at radius 2 is 2.00 bits per heavy atom. The number of anilines is 1. The second-order valence-corrected chi connectivity index (χ2v) is 9.63. The van der Waals surface area contributed by atoms with E-state index in [1.54, 1.807) is 27.9 Å². The molecule has 1 saturated heterocycles. The first kappa shape index (κ1) is 19.7. The Morgan fingerprint density at radius 1 is 1.16 bits per heavy atom. The van der Waals surface area contributed by atoms with Gasteiger partial charge in [0.25, 0.3) is 0 Å². The van der Waals surface area contributed by atoms with Gasteiger partial charge < -0.3 is 9.80 Å². The number of nitrogens with zero attached hydrogens (tertiary/aromatic N) is 4. The fourth-order valence-electron chi connectivity index (χ4n) is 5.45. The first-order chi connectivity index (χ1) is 15.5. The van der Waals surface area contributed by atoms with Crippen LogP contribution < -0.4 is 4.90 Å². The summed E-state index contributed by atoms with van der Waals surface area (Å²) in [5, 5.41) is 4.17. The summed E-state index contributed by atoms with van der Waals surface area (Å²) in [6.45, 7) is 3.08. The standard InChI is InChI=1S/C26H27FN4O/c1-29-15-21(13-28-29)19-8-9-20(23(27)12-19)16-31-24-5-3-2-4-22(24)26(25(31)32)10-11-30(17-26)14-18-6-7-18/h2-5,8-9,12-13,15,18H,6-7,10-11,14,16-17H2,1H3. The Kier molecular flexibility index (Phi) is 4.47. The van der Waals surface area contributed by atoms with E-state index in [1.165, 1.54) is 12.8 Å². The molecule has 2 aromatic carbocycles. The molecule has 2 aliphatic heterocycles. The van der Waals surface area contributed by atoms with Crippen molar-refractivity contribution in [3.05, 3.63) is 71.8 Å². The van der Waals surface area contributed by atoms with Gasteiger partial charge in [0, 0.05) is 43.1 Å². The van der Waals surface area contributed by atoms with E-state index in [9.17, 15) is 4.79 Å². The second-order valence-electron chi connectivity index (χ2n) is 9.63. The molecule has 1 spiro atoms. The molecule has 32 heavy (non-hydrogen) atoms. The lowest BCUT2D eigenvalue weighted by Crippen LogP contribution is -2.42. The van der Waals surface area contributed by atoms with Gasteiger partial charge >= 0.3 is 0 Å². The number of likely N-dealkylation sites (tertiary alicyclic amines) is 1. The van der Waals surface area contributed by atoms with Gasteiger partial charge in [-0.15, -0.1) is 0 Å². The minimum absolute atomic E-state index is 0.118. The molecule has 164 valence electrons. The molecule has 5 nitrogen and oxygen atoms in total. The molecule has 6 rings (SSSR count). The third-order valence-corrected chi connectivity index (χ3v) is 7.35. The molecule has 0 bridgehead atoms. The third-order valence-electron chi connectivity index (χ3n) is 7.35. The third kappa shape index (κ3) is 3.16. The predicted octanol–water partition coefficient (Wildman–Crippen LogP) is 4.13. The number of aryl methyl sites for hydroxylation is 1. The maximum absolute atomic E-state index is 15.1. The molecule has 1 unspecified atom stereocenters. The van der Waals surface area contributed by atoms with E-state index in [1.807, 2.05) is 37.5 Å². The van der Waals surface area contributed by atoms with Crippen molar-refractivity contribution in [3.8, 4) is 11.1 Å². The first-order valence-electron chi connectivity index (χ1n) is 11.4. The second kappa shape index (κ2) is 7.27. The molecule has 3 heterocycles. The number of halogens is 1. The van der Waals surface area contributed by atoms with Crippen molar-refractivity contribution in [1.82, 2.24) is 14.7 Å². The summed E-state index contributed by atoms with van der Waals surface area (Å²) in [6, 6.07) is 13.3. The molecular weight excluding hydrogens is 403 g/mol. The number of hydrogen-bond acceptors (Lipinski definition) is 3. The Bertz CT molecular complexity index is 1200. The monoisotopic (exact) mass is 430 g/mol. The van der Waals surface area contributed by atoms with Crippen molar-refractivity contribution in [2.24, 2.45) is 13.0 Å². The SMILES string of the molecule is Cn1cc(-c2ccc(CN3C(=O)C4(CCN(CC5CC5)C4)c4ccccc43)c(F)c2)cn1. The zero-order valence-electron chi connectivity index (χ0n) is 18.3. The van der Waals surface area contributed by atoms with E-state index in [-0.39, 0.29) is 18.3 Å². The normalized spacial score (nSPS) is 22.8. The van der Waals surface area contributed by atoms with Crippen LogP contribution in [0.25, 0.3) is 11.1 Å². The number of amides is 1. The van der Waals surface area contributed by atoms with Crippen LogP contribution in [0.2, 0.25) is 0 Å². The molecule has 6 heteroatoms. The highest BCUT2D eigenvalue weighted by Crippen LogP contribution is 2.48. The number of rotatable bonds is 5. The number of hydrogen-bond donors (Lipinski definition) is 0. The van der Waals surface area contributed by atoms with E-state index in [0.29, 0.717) is 5.56 Å². The van der Waals surface area contributed by atoms with Crippen molar-refractivity contribution in [2.75, 3.05) is 24.5 Å². The average Bonchev–Trinajstić information content (AvgIpc) is 3.25. The summed E-state index contributed by atoms with van der Waals surface area (Å²) < 4.78 is 16.8. The van der Waals surface area contributed by atoms with Crippen LogP contribution in [-0.2, 0) is 23.8 Å². The molecule has 1 atom stereocenters. The molecule has 0 N–H and O–H groups in total. The van der Waals surface area contributed by atoms with E-state index in [2.05, 4.69) is 16.1 Å². The minimum atomic E-state index is -0.488. The van der Waals surface area contributed by atoms with Crippen LogP contribution in [0.5, 0.6) is 0 Å². The van der Waals surface area contributed by atoms with Crippen LogP contribution in [0.3, 0.4) is 0 Å². The van der Waals surface area contributed by atoms with Gasteiger partial charge in [-0.2, -0.15) is 5.10 Å². The predicted molar refractivity (Wildman–Crippen MR) is 122 cm³/mol. The first-order valence-corrected chi connectivity index (χ1v) is 11.4. The minimum Gasteiger partial charge on any atom is -0.307 e. The van der Waals surface area contributed by atoms with Crippen molar-refractivity contribution >= 4 is 11.6 Å². The van der Waals surface area contributed by atoms with E-state index < -0.39 is 5.41 Å². The smallest absolute Gasteiger partial charge is 0.239 e.